The van der Waals surface area contributed by atoms with Crippen molar-refractivity contribution in [3.63, 3.8) is 0 Å². The van der Waals surface area contributed by atoms with Crippen LogP contribution in [0.25, 0.3) is 0 Å². The first-order chi connectivity index (χ1) is 8.61. The molecule has 0 fully saturated rings. The van der Waals surface area contributed by atoms with Gasteiger partial charge in [0.1, 0.15) is 5.82 Å². The summed E-state index contributed by atoms with van der Waals surface area (Å²) in [6.45, 7) is 0. The Kier molecular flexibility index (Phi) is 4.19. The standard InChI is InChI=1S/C13H11Cl2FN2/c14-9-3-1-8(2-4-9)13(18-17)11-7-10(16)5-6-12(11)15/h1-7,13,18H,17H2. The number of hydrogen-bond acceptors (Lipinski definition) is 2. The van der Waals surface area contributed by atoms with Crippen molar-refractivity contribution in [3.05, 3.63) is 69.5 Å². The fraction of sp³-hybridized carbons (Fsp3) is 0.0769. The zero-order valence-electron chi connectivity index (χ0n) is 9.33. The van der Waals surface area contributed by atoms with E-state index in [0.29, 0.717) is 15.6 Å². The second-order valence-corrected chi connectivity index (χ2v) is 4.66. The van der Waals surface area contributed by atoms with E-state index >= 15 is 0 Å². The van der Waals surface area contributed by atoms with E-state index in [1.165, 1.54) is 18.2 Å². The smallest absolute Gasteiger partial charge is 0.123 e. The average molecular weight is 285 g/mol. The molecular formula is C13H11Cl2FN2. The zero-order chi connectivity index (χ0) is 13.1. The maximum atomic E-state index is 13.3. The monoisotopic (exact) mass is 284 g/mol. The van der Waals surface area contributed by atoms with Crippen LogP contribution < -0.4 is 11.3 Å². The minimum atomic E-state index is -0.384. The van der Waals surface area contributed by atoms with E-state index in [0.717, 1.165) is 5.56 Å². The van der Waals surface area contributed by atoms with E-state index in [2.05, 4.69) is 5.43 Å². The topological polar surface area (TPSA) is 38.0 Å². The molecule has 0 aliphatic carbocycles. The summed E-state index contributed by atoms with van der Waals surface area (Å²) >= 11 is 11.9. The third-order valence-corrected chi connectivity index (χ3v) is 3.24. The molecule has 1 atom stereocenters. The Labute approximate surface area is 114 Å². The number of rotatable bonds is 3. The molecule has 3 N–H and O–H groups in total. The summed E-state index contributed by atoms with van der Waals surface area (Å²) in [6, 6.07) is 10.9. The van der Waals surface area contributed by atoms with Gasteiger partial charge in [0, 0.05) is 10.0 Å². The minimum Gasteiger partial charge on any atom is -0.271 e. The van der Waals surface area contributed by atoms with Crippen molar-refractivity contribution in [2.75, 3.05) is 0 Å². The highest BCUT2D eigenvalue weighted by Crippen LogP contribution is 2.29. The first-order valence-electron chi connectivity index (χ1n) is 5.28. The van der Waals surface area contributed by atoms with Crippen molar-refractivity contribution in [1.82, 2.24) is 5.43 Å². The van der Waals surface area contributed by atoms with E-state index < -0.39 is 0 Å². The first-order valence-corrected chi connectivity index (χ1v) is 6.04. The summed E-state index contributed by atoms with van der Waals surface area (Å²) in [5.41, 5.74) is 4.07. The fourth-order valence-electron chi connectivity index (χ4n) is 1.76. The van der Waals surface area contributed by atoms with E-state index in [4.69, 9.17) is 29.0 Å². The number of hydrazine groups is 1. The van der Waals surface area contributed by atoms with Gasteiger partial charge in [0.15, 0.2) is 0 Å². The van der Waals surface area contributed by atoms with Crippen LogP contribution in [-0.4, -0.2) is 0 Å². The molecule has 2 nitrogen and oxygen atoms in total. The predicted octanol–water partition coefficient (Wildman–Crippen LogP) is 3.69. The van der Waals surface area contributed by atoms with Gasteiger partial charge in [-0.15, -0.1) is 0 Å². The lowest BCUT2D eigenvalue weighted by Crippen LogP contribution is -2.29. The molecule has 0 aromatic heterocycles. The quantitative estimate of drug-likeness (QED) is 0.666. The molecule has 2 aromatic rings. The summed E-state index contributed by atoms with van der Waals surface area (Å²) < 4.78 is 13.3. The summed E-state index contributed by atoms with van der Waals surface area (Å²) in [6.07, 6.45) is 0. The van der Waals surface area contributed by atoms with Crippen molar-refractivity contribution in [3.8, 4) is 0 Å². The third-order valence-electron chi connectivity index (χ3n) is 2.64. The summed E-state index contributed by atoms with van der Waals surface area (Å²) in [7, 11) is 0. The SMILES string of the molecule is NNC(c1ccc(Cl)cc1)c1cc(F)ccc1Cl. The molecule has 0 spiro atoms. The van der Waals surface area contributed by atoms with Gasteiger partial charge >= 0.3 is 0 Å². The Morgan fingerprint density at radius 1 is 1.06 bits per heavy atom. The summed E-state index contributed by atoms with van der Waals surface area (Å²) in [5, 5.41) is 1.08. The van der Waals surface area contributed by atoms with Crippen LogP contribution in [0.3, 0.4) is 0 Å². The second kappa shape index (κ2) is 5.67. The Hall–Kier alpha value is -1.13. The van der Waals surface area contributed by atoms with Crippen LogP contribution >= 0.6 is 23.2 Å². The highest BCUT2D eigenvalue weighted by atomic mass is 35.5. The van der Waals surface area contributed by atoms with Crippen LogP contribution in [0.1, 0.15) is 17.2 Å². The molecule has 0 heterocycles. The van der Waals surface area contributed by atoms with Crippen LogP contribution in [0, 0.1) is 5.82 Å². The average Bonchev–Trinajstić information content (AvgIpc) is 2.37. The van der Waals surface area contributed by atoms with Crippen LogP contribution in [-0.2, 0) is 0 Å². The van der Waals surface area contributed by atoms with Crippen molar-refractivity contribution in [2.24, 2.45) is 5.84 Å². The number of nitrogens with one attached hydrogen (secondary N) is 1. The second-order valence-electron chi connectivity index (χ2n) is 3.82. The predicted molar refractivity (Wildman–Crippen MR) is 72.0 cm³/mol. The van der Waals surface area contributed by atoms with Gasteiger partial charge < -0.3 is 0 Å². The Balaban J connectivity index is 2.44. The van der Waals surface area contributed by atoms with Crippen molar-refractivity contribution < 1.29 is 4.39 Å². The van der Waals surface area contributed by atoms with Crippen LogP contribution in [0.5, 0.6) is 0 Å². The fourth-order valence-corrected chi connectivity index (χ4v) is 2.11. The third kappa shape index (κ3) is 2.82. The van der Waals surface area contributed by atoms with Gasteiger partial charge in [-0.1, -0.05) is 35.3 Å². The molecule has 94 valence electrons. The molecular weight excluding hydrogens is 274 g/mol. The molecule has 0 amide bonds. The maximum Gasteiger partial charge on any atom is 0.123 e. The lowest BCUT2D eigenvalue weighted by molar-refractivity contribution is 0.605. The van der Waals surface area contributed by atoms with Crippen LogP contribution in [0.2, 0.25) is 10.0 Å². The summed E-state index contributed by atoms with van der Waals surface area (Å²) in [5.74, 6) is 5.17. The molecule has 0 bridgehead atoms. The van der Waals surface area contributed by atoms with E-state index in [1.807, 2.05) is 12.1 Å². The number of nitrogens with two attached hydrogens (primary N) is 1. The van der Waals surface area contributed by atoms with Gasteiger partial charge in [-0.2, -0.15) is 0 Å². The molecule has 0 aliphatic heterocycles. The van der Waals surface area contributed by atoms with Crippen molar-refractivity contribution in [1.29, 1.82) is 0 Å². The van der Waals surface area contributed by atoms with Crippen molar-refractivity contribution in [2.45, 2.75) is 6.04 Å². The number of hydrogen-bond donors (Lipinski definition) is 2. The van der Waals surface area contributed by atoms with E-state index in [1.54, 1.807) is 12.1 Å². The number of halogens is 3. The van der Waals surface area contributed by atoms with E-state index in [9.17, 15) is 4.39 Å². The van der Waals surface area contributed by atoms with Gasteiger partial charge in [0.2, 0.25) is 0 Å². The molecule has 5 heteroatoms. The van der Waals surface area contributed by atoms with Gasteiger partial charge in [0.05, 0.1) is 6.04 Å². The molecule has 0 saturated carbocycles. The Morgan fingerprint density at radius 2 is 1.72 bits per heavy atom. The Morgan fingerprint density at radius 3 is 2.33 bits per heavy atom. The van der Waals surface area contributed by atoms with Gasteiger partial charge in [-0.3, -0.25) is 5.84 Å². The Bertz CT molecular complexity index is 543. The van der Waals surface area contributed by atoms with Gasteiger partial charge in [0.25, 0.3) is 0 Å². The molecule has 0 radical (unpaired) electrons. The van der Waals surface area contributed by atoms with Crippen LogP contribution in [0.4, 0.5) is 4.39 Å². The maximum absolute atomic E-state index is 13.3. The molecule has 2 aromatic carbocycles. The molecule has 2 rings (SSSR count). The highest BCUT2D eigenvalue weighted by molar-refractivity contribution is 6.31. The van der Waals surface area contributed by atoms with Crippen LogP contribution in [0.15, 0.2) is 42.5 Å². The lowest BCUT2D eigenvalue weighted by Gasteiger charge is -2.18. The summed E-state index contributed by atoms with van der Waals surface area (Å²) in [4.78, 5) is 0. The van der Waals surface area contributed by atoms with E-state index in [-0.39, 0.29) is 11.9 Å². The molecule has 0 aliphatic rings. The normalized spacial score (nSPS) is 12.4. The molecule has 1 unspecified atom stereocenters. The molecule has 18 heavy (non-hydrogen) atoms. The highest BCUT2D eigenvalue weighted by Gasteiger charge is 2.16. The number of benzene rings is 2. The van der Waals surface area contributed by atoms with Gasteiger partial charge in [-0.05, 0) is 41.5 Å². The van der Waals surface area contributed by atoms with Crippen molar-refractivity contribution >= 4 is 23.2 Å². The first kappa shape index (κ1) is 13.3. The minimum absolute atomic E-state index is 0.358. The zero-order valence-corrected chi connectivity index (χ0v) is 10.8. The largest absolute Gasteiger partial charge is 0.271 e. The molecule has 0 saturated heterocycles. The lowest BCUT2D eigenvalue weighted by atomic mass is 9.99. The van der Waals surface area contributed by atoms with Gasteiger partial charge in [-0.25, -0.2) is 9.82 Å².